The molecule has 4 nitrogen and oxygen atoms in total. The molecule has 0 radical (unpaired) electrons. The van der Waals surface area contributed by atoms with E-state index in [1.807, 2.05) is 42.5 Å². The number of carbonyl (C=O) groups is 2. The molecule has 0 aromatic heterocycles. The first-order valence-corrected chi connectivity index (χ1v) is 8.03. The number of nitrogens with one attached hydrogen (secondary N) is 2. The fourth-order valence-corrected chi connectivity index (χ4v) is 2.97. The van der Waals surface area contributed by atoms with Crippen LogP contribution in [0.2, 0.25) is 0 Å². The van der Waals surface area contributed by atoms with E-state index in [0.717, 1.165) is 23.5 Å². The van der Waals surface area contributed by atoms with Gasteiger partial charge < -0.3 is 10.6 Å². The fraction of sp³-hybridized carbons (Fsp3) is 0.200. The van der Waals surface area contributed by atoms with E-state index in [2.05, 4.69) is 22.8 Å². The van der Waals surface area contributed by atoms with Gasteiger partial charge in [0.2, 0.25) is 5.91 Å². The Morgan fingerprint density at radius 1 is 0.958 bits per heavy atom. The van der Waals surface area contributed by atoms with E-state index in [4.69, 9.17) is 0 Å². The summed E-state index contributed by atoms with van der Waals surface area (Å²) in [6.07, 6.45) is 3.06. The maximum absolute atomic E-state index is 12.1. The Morgan fingerprint density at radius 2 is 1.62 bits per heavy atom. The maximum atomic E-state index is 12.1. The minimum atomic E-state index is -0.0954. The van der Waals surface area contributed by atoms with Gasteiger partial charge in [0.25, 0.3) is 0 Å². The molecule has 0 bridgehead atoms. The molecule has 2 aromatic carbocycles. The molecule has 1 aliphatic carbocycles. The molecule has 4 heteroatoms. The summed E-state index contributed by atoms with van der Waals surface area (Å²) in [5.74, 6) is 0.263. The highest BCUT2D eigenvalue weighted by Gasteiger charge is 2.22. The van der Waals surface area contributed by atoms with E-state index in [1.165, 1.54) is 12.5 Å². The number of carbonyl (C=O) groups excluding carboxylic acids is 2. The lowest BCUT2D eigenvalue weighted by Gasteiger charge is -2.23. The Bertz CT molecular complexity index is 764. The molecule has 0 heterocycles. The Balaban J connectivity index is 1.70. The van der Waals surface area contributed by atoms with E-state index in [0.29, 0.717) is 6.42 Å². The maximum Gasteiger partial charge on any atom is 0.221 e. The van der Waals surface area contributed by atoms with Crippen molar-refractivity contribution in [1.29, 1.82) is 0 Å². The lowest BCUT2D eigenvalue weighted by Crippen LogP contribution is -2.16. The van der Waals surface area contributed by atoms with Crippen LogP contribution in [0.25, 0.3) is 0 Å². The van der Waals surface area contributed by atoms with Crippen molar-refractivity contribution in [1.82, 2.24) is 0 Å². The molecule has 2 N–H and O–H groups in total. The first-order chi connectivity index (χ1) is 11.6. The highest BCUT2D eigenvalue weighted by molar-refractivity contribution is 5.92. The third kappa shape index (κ3) is 4.10. The molecule has 2 aromatic rings. The van der Waals surface area contributed by atoms with E-state index in [1.54, 1.807) is 6.08 Å². The van der Waals surface area contributed by atoms with Crippen molar-refractivity contribution in [2.75, 3.05) is 10.6 Å². The Morgan fingerprint density at radius 3 is 2.29 bits per heavy atom. The minimum absolute atomic E-state index is 0.0954. The van der Waals surface area contributed by atoms with Gasteiger partial charge in [-0.15, -0.1) is 0 Å². The quantitative estimate of drug-likeness (QED) is 0.892. The Labute approximate surface area is 141 Å². The summed E-state index contributed by atoms with van der Waals surface area (Å²) in [5, 5.41) is 6.05. The van der Waals surface area contributed by atoms with Gasteiger partial charge in [-0.25, -0.2) is 0 Å². The second kappa shape index (κ2) is 7.13. The molecule has 0 aliphatic heterocycles. The molecule has 3 rings (SSSR count). The molecular weight excluding hydrogens is 300 g/mol. The molecule has 1 amide bonds. The molecule has 0 saturated heterocycles. The number of rotatable bonds is 4. The van der Waals surface area contributed by atoms with Gasteiger partial charge in [0.1, 0.15) is 0 Å². The first kappa shape index (κ1) is 16.0. The number of hydrogen-bond acceptors (Lipinski definition) is 3. The monoisotopic (exact) mass is 320 g/mol. The highest BCUT2D eigenvalue weighted by atomic mass is 16.1. The summed E-state index contributed by atoms with van der Waals surface area (Å²) in [7, 11) is 0. The summed E-state index contributed by atoms with van der Waals surface area (Å²) in [6, 6.07) is 17.6. The van der Waals surface area contributed by atoms with Crippen molar-refractivity contribution in [3.8, 4) is 0 Å². The molecule has 0 unspecified atom stereocenters. The van der Waals surface area contributed by atoms with Crippen LogP contribution in [-0.4, -0.2) is 11.7 Å². The smallest absolute Gasteiger partial charge is 0.221 e. The molecule has 1 aliphatic rings. The lowest BCUT2D eigenvalue weighted by atomic mass is 9.85. The van der Waals surface area contributed by atoms with Crippen LogP contribution in [0.5, 0.6) is 0 Å². The average Bonchev–Trinajstić information content (AvgIpc) is 2.56. The predicted molar refractivity (Wildman–Crippen MR) is 95.9 cm³/mol. The molecule has 0 fully saturated rings. The van der Waals surface area contributed by atoms with Crippen LogP contribution in [-0.2, 0) is 9.59 Å². The second-order valence-electron chi connectivity index (χ2n) is 6.04. The van der Waals surface area contributed by atoms with Gasteiger partial charge in [-0.05, 0) is 42.2 Å². The zero-order valence-electron chi connectivity index (χ0n) is 13.6. The zero-order chi connectivity index (χ0) is 16.9. The first-order valence-electron chi connectivity index (χ1n) is 8.03. The summed E-state index contributed by atoms with van der Waals surface area (Å²) >= 11 is 0. The topological polar surface area (TPSA) is 58.2 Å². The van der Waals surface area contributed by atoms with Gasteiger partial charge >= 0.3 is 0 Å². The number of allylic oxidation sites excluding steroid dienone is 2. The average molecular weight is 320 g/mol. The molecule has 122 valence electrons. The summed E-state index contributed by atoms with van der Waals surface area (Å²) in [6.45, 7) is 1.48. The standard InChI is InChI=1S/C20H20N2O2/c1-14(23)21-17-7-9-18(10-8-17)22-19-11-16(12-20(24)13-19)15-5-3-2-4-6-15/h2-10,13,16,22H,11-12H2,1H3,(H,21,23)/t16-/m1/s1. The van der Waals surface area contributed by atoms with Gasteiger partial charge in [0.05, 0.1) is 0 Å². The van der Waals surface area contributed by atoms with Gasteiger partial charge in [0.15, 0.2) is 5.78 Å². The van der Waals surface area contributed by atoms with Crippen LogP contribution in [0, 0.1) is 0 Å². The van der Waals surface area contributed by atoms with Gasteiger partial charge in [-0.2, -0.15) is 0 Å². The van der Waals surface area contributed by atoms with Crippen molar-refractivity contribution >= 4 is 23.1 Å². The zero-order valence-corrected chi connectivity index (χ0v) is 13.6. The van der Waals surface area contributed by atoms with Crippen molar-refractivity contribution in [3.63, 3.8) is 0 Å². The highest BCUT2D eigenvalue weighted by Crippen LogP contribution is 2.31. The number of anilines is 2. The SMILES string of the molecule is CC(=O)Nc1ccc(NC2=CC(=O)C[C@H](c3ccccc3)C2)cc1. The third-order valence-electron chi connectivity index (χ3n) is 4.03. The summed E-state index contributed by atoms with van der Waals surface area (Å²) < 4.78 is 0. The third-order valence-corrected chi connectivity index (χ3v) is 4.03. The number of ketones is 1. The van der Waals surface area contributed by atoms with Crippen molar-refractivity contribution in [2.24, 2.45) is 0 Å². The van der Waals surface area contributed by atoms with E-state index in [-0.39, 0.29) is 17.6 Å². The van der Waals surface area contributed by atoms with Crippen molar-refractivity contribution < 1.29 is 9.59 Å². The van der Waals surface area contributed by atoms with Gasteiger partial charge in [-0.3, -0.25) is 9.59 Å². The molecule has 0 spiro atoms. The van der Waals surface area contributed by atoms with Crippen LogP contribution in [0.15, 0.2) is 66.4 Å². The summed E-state index contributed by atoms with van der Waals surface area (Å²) in [4.78, 5) is 23.1. The summed E-state index contributed by atoms with van der Waals surface area (Å²) in [5.41, 5.74) is 3.77. The molecule has 24 heavy (non-hydrogen) atoms. The van der Waals surface area contributed by atoms with Crippen molar-refractivity contribution in [2.45, 2.75) is 25.7 Å². The fourth-order valence-electron chi connectivity index (χ4n) is 2.97. The van der Waals surface area contributed by atoms with Crippen LogP contribution in [0.1, 0.15) is 31.2 Å². The number of amides is 1. The molecular formula is C20H20N2O2. The van der Waals surface area contributed by atoms with Crippen LogP contribution >= 0.6 is 0 Å². The van der Waals surface area contributed by atoms with Gasteiger partial charge in [0, 0.05) is 36.5 Å². The number of hydrogen-bond donors (Lipinski definition) is 2. The van der Waals surface area contributed by atoms with Crippen LogP contribution < -0.4 is 10.6 Å². The molecule has 0 saturated carbocycles. The van der Waals surface area contributed by atoms with E-state index >= 15 is 0 Å². The lowest BCUT2D eigenvalue weighted by molar-refractivity contribution is -0.115. The van der Waals surface area contributed by atoms with E-state index in [9.17, 15) is 9.59 Å². The van der Waals surface area contributed by atoms with Gasteiger partial charge in [-0.1, -0.05) is 30.3 Å². The molecule has 1 atom stereocenters. The minimum Gasteiger partial charge on any atom is -0.359 e. The van der Waals surface area contributed by atoms with E-state index < -0.39 is 0 Å². The Hall–Kier alpha value is -2.88. The normalized spacial score (nSPS) is 17.1. The predicted octanol–water partition coefficient (Wildman–Crippen LogP) is 4.09. The largest absolute Gasteiger partial charge is 0.359 e. The van der Waals surface area contributed by atoms with Crippen LogP contribution in [0.3, 0.4) is 0 Å². The second-order valence-corrected chi connectivity index (χ2v) is 6.04. The van der Waals surface area contributed by atoms with Crippen LogP contribution in [0.4, 0.5) is 11.4 Å². The Kier molecular flexibility index (Phi) is 4.75. The van der Waals surface area contributed by atoms with Crippen molar-refractivity contribution in [3.05, 3.63) is 71.9 Å². The number of benzene rings is 2.